The van der Waals surface area contributed by atoms with Crippen LogP contribution < -0.4 is 5.73 Å². The first-order chi connectivity index (χ1) is 4.29. The van der Waals surface area contributed by atoms with Crippen LogP contribution in [0.1, 0.15) is 12.8 Å². The van der Waals surface area contributed by atoms with Crippen LogP contribution in [0.3, 0.4) is 0 Å². The average Bonchev–Trinajstić information content (AvgIpc) is 2.07. The summed E-state index contributed by atoms with van der Waals surface area (Å²) < 4.78 is 5.37. The quantitative estimate of drug-likeness (QED) is 0.476. The minimum absolute atomic E-state index is 0.0145. The first-order valence-corrected chi connectivity index (χ1v) is 3.36. The smallest absolute Gasteiger partial charge is 0.0775 e. The normalized spacial score (nSPS) is 47.9. The Bertz CT molecular complexity index is 155. The Morgan fingerprint density at radius 3 is 3.22 bits per heavy atom. The van der Waals surface area contributed by atoms with Crippen LogP contribution in [-0.4, -0.2) is 18.2 Å². The molecule has 50 valence electrons. The van der Waals surface area contributed by atoms with Gasteiger partial charge in [0.05, 0.1) is 12.7 Å². The van der Waals surface area contributed by atoms with Gasteiger partial charge in [-0.15, -0.1) is 0 Å². The van der Waals surface area contributed by atoms with Crippen molar-refractivity contribution in [2.24, 2.45) is 5.73 Å². The molecule has 0 aromatic carbocycles. The minimum Gasteiger partial charge on any atom is -0.372 e. The van der Waals surface area contributed by atoms with Crippen LogP contribution >= 0.6 is 0 Å². The lowest BCUT2D eigenvalue weighted by atomic mass is 9.89. The molecular formula is C7H11NO. The summed E-state index contributed by atoms with van der Waals surface area (Å²) in [4.78, 5) is 0. The van der Waals surface area contributed by atoms with Gasteiger partial charge in [0, 0.05) is 5.54 Å². The zero-order chi connectivity index (χ0) is 6.32. The fourth-order valence-corrected chi connectivity index (χ4v) is 1.51. The molecule has 0 aromatic heterocycles. The summed E-state index contributed by atoms with van der Waals surface area (Å²) in [5.74, 6) is 0. The van der Waals surface area contributed by atoms with Crippen molar-refractivity contribution in [2.75, 3.05) is 6.61 Å². The van der Waals surface area contributed by atoms with E-state index in [-0.39, 0.29) is 5.54 Å². The van der Waals surface area contributed by atoms with Crippen LogP contribution in [0, 0.1) is 0 Å². The van der Waals surface area contributed by atoms with Gasteiger partial charge in [-0.2, -0.15) is 0 Å². The lowest BCUT2D eigenvalue weighted by molar-refractivity contribution is 0.139. The molecule has 0 aromatic rings. The highest BCUT2D eigenvalue weighted by Crippen LogP contribution is 2.29. The van der Waals surface area contributed by atoms with Crippen molar-refractivity contribution in [3.05, 3.63) is 12.2 Å². The van der Waals surface area contributed by atoms with Crippen LogP contribution in [0.4, 0.5) is 0 Å². The maximum atomic E-state index is 5.92. The number of hydrogen-bond acceptors (Lipinski definition) is 2. The number of nitrogens with two attached hydrogens (primary N) is 1. The maximum Gasteiger partial charge on any atom is 0.0775 e. The van der Waals surface area contributed by atoms with E-state index in [1.165, 1.54) is 0 Å². The fourth-order valence-electron chi connectivity index (χ4n) is 1.51. The number of fused-ring (bicyclic) bond motifs is 2. The zero-order valence-electron chi connectivity index (χ0n) is 5.34. The highest BCUT2D eigenvalue weighted by atomic mass is 16.5. The van der Waals surface area contributed by atoms with Gasteiger partial charge in [-0.05, 0) is 12.8 Å². The SMILES string of the molecule is NC12CC=CC(C1)OC2. The molecule has 2 atom stereocenters. The Labute approximate surface area is 54.7 Å². The standard InChI is InChI=1S/C7H11NO/c8-7-3-1-2-6(4-7)9-5-7/h1-2,6H,3-5,8H2. The van der Waals surface area contributed by atoms with Crippen molar-refractivity contribution in [3.8, 4) is 0 Å². The minimum atomic E-state index is -0.0145. The van der Waals surface area contributed by atoms with Gasteiger partial charge in [0.25, 0.3) is 0 Å². The van der Waals surface area contributed by atoms with E-state index in [9.17, 15) is 0 Å². The molecule has 0 amide bonds. The predicted octanol–water partition coefficient (Wildman–Crippen LogP) is 0.433. The summed E-state index contributed by atoms with van der Waals surface area (Å²) in [7, 11) is 0. The highest BCUT2D eigenvalue weighted by Gasteiger charge is 2.36. The van der Waals surface area contributed by atoms with Crippen LogP contribution in [-0.2, 0) is 4.74 Å². The highest BCUT2D eigenvalue weighted by molar-refractivity contribution is 5.10. The topological polar surface area (TPSA) is 35.2 Å². The molecule has 2 aliphatic rings. The van der Waals surface area contributed by atoms with E-state index in [4.69, 9.17) is 10.5 Å². The molecule has 1 aliphatic heterocycles. The van der Waals surface area contributed by atoms with Gasteiger partial charge in [-0.25, -0.2) is 0 Å². The molecule has 1 aliphatic carbocycles. The third kappa shape index (κ3) is 0.787. The molecule has 9 heavy (non-hydrogen) atoms. The van der Waals surface area contributed by atoms with Crippen LogP contribution in [0.5, 0.6) is 0 Å². The van der Waals surface area contributed by atoms with E-state index in [0.717, 1.165) is 19.4 Å². The first kappa shape index (κ1) is 5.45. The number of hydrogen-bond donors (Lipinski definition) is 1. The predicted molar refractivity (Wildman–Crippen MR) is 35.0 cm³/mol. The molecule has 1 fully saturated rings. The van der Waals surface area contributed by atoms with E-state index in [1.807, 2.05) is 0 Å². The summed E-state index contributed by atoms with van der Waals surface area (Å²) >= 11 is 0. The van der Waals surface area contributed by atoms with Crippen LogP contribution in [0.25, 0.3) is 0 Å². The monoisotopic (exact) mass is 125 g/mol. The molecular weight excluding hydrogens is 114 g/mol. The lowest BCUT2D eigenvalue weighted by Gasteiger charge is -2.21. The van der Waals surface area contributed by atoms with E-state index in [2.05, 4.69) is 12.2 Å². The van der Waals surface area contributed by atoms with Gasteiger partial charge in [-0.1, -0.05) is 12.2 Å². The molecule has 2 nitrogen and oxygen atoms in total. The molecule has 2 heteroatoms. The van der Waals surface area contributed by atoms with E-state index in [0.29, 0.717) is 6.10 Å². The summed E-state index contributed by atoms with van der Waals surface area (Å²) in [5, 5.41) is 0. The molecule has 0 saturated carbocycles. The fraction of sp³-hybridized carbons (Fsp3) is 0.714. The van der Waals surface area contributed by atoms with Gasteiger partial charge in [-0.3, -0.25) is 0 Å². The van der Waals surface area contributed by atoms with Gasteiger partial charge in [0.2, 0.25) is 0 Å². The summed E-state index contributed by atoms with van der Waals surface area (Å²) in [6.07, 6.45) is 6.57. The second-order valence-corrected chi connectivity index (χ2v) is 3.05. The molecule has 2 bridgehead atoms. The van der Waals surface area contributed by atoms with Crippen molar-refractivity contribution in [2.45, 2.75) is 24.5 Å². The third-order valence-corrected chi connectivity index (χ3v) is 2.07. The summed E-state index contributed by atoms with van der Waals surface area (Å²) in [5.41, 5.74) is 5.91. The molecule has 1 heterocycles. The lowest BCUT2D eigenvalue weighted by Crippen LogP contribution is -2.40. The second-order valence-electron chi connectivity index (χ2n) is 3.05. The Kier molecular flexibility index (Phi) is 0.957. The Hall–Kier alpha value is -0.340. The van der Waals surface area contributed by atoms with E-state index < -0.39 is 0 Å². The number of rotatable bonds is 0. The van der Waals surface area contributed by atoms with Gasteiger partial charge < -0.3 is 10.5 Å². The largest absolute Gasteiger partial charge is 0.372 e. The van der Waals surface area contributed by atoms with Crippen molar-refractivity contribution in [1.29, 1.82) is 0 Å². The van der Waals surface area contributed by atoms with Gasteiger partial charge in [0.1, 0.15) is 0 Å². The Morgan fingerprint density at radius 1 is 1.67 bits per heavy atom. The molecule has 0 spiro atoms. The molecule has 2 N–H and O–H groups in total. The third-order valence-electron chi connectivity index (χ3n) is 2.07. The Balaban J connectivity index is 2.24. The van der Waals surface area contributed by atoms with Crippen LogP contribution in [0.2, 0.25) is 0 Å². The van der Waals surface area contributed by atoms with Gasteiger partial charge in [0.15, 0.2) is 0 Å². The zero-order valence-corrected chi connectivity index (χ0v) is 5.34. The maximum absolute atomic E-state index is 5.92. The summed E-state index contributed by atoms with van der Waals surface area (Å²) in [6, 6.07) is 0. The second kappa shape index (κ2) is 1.58. The number of ether oxygens (including phenoxy) is 1. The van der Waals surface area contributed by atoms with Crippen molar-refractivity contribution in [3.63, 3.8) is 0 Å². The van der Waals surface area contributed by atoms with E-state index >= 15 is 0 Å². The van der Waals surface area contributed by atoms with Crippen molar-refractivity contribution in [1.82, 2.24) is 0 Å². The van der Waals surface area contributed by atoms with Crippen molar-refractivity contribution < 1.29 is 4.74 Å². The van der Waals surface area contributed by atoms with Gasteiger partial charge >= 0.3 is 0 Å². The van der Waals surface area contributed by atoms with Crippen molar-refractivity contribution >= 4 is 0 Å². The van der Waals surface area contributed by atoms with E-state index in [1.54, 1.807) is 0 Å². The molecule has 2 rings (SSSR count). The molecule has 0 radical (unpaired) electrons. The molecule has 2 unspecified atom stereocenters. The first-order valence-electron chi connectivity index (χ1n) is 3.36. The van der Waals surface area contributed by atoms with Crippen LogP contribution in [0.15, 0.2) is 12.2 Å². The summed E-state index contributed by atoms with van der Waals surface area (Å²) in [6.45, 7) is 0.741. The average molecular weight is 125 g/mol. The molecule has 1 saturated heterocycles. The Morgan fingerprint density at radius 2 is 2.56 bits per heavy atom.